The second-order valence-electron chi connectivity index (χ2n) is 6.79. The molecule has 0 aliphatic heterocycles. The van der Waals surface area contributed by atoms with Gasteiger partial charge < -0.3 is 9.73 Å². The molecule has 10 heteroatoms. The predicted octanol–water partition coefficient (Wildman–Crippen LogP) is 4.78. The zero-order chi connectivity index (χ0) is 22.1. The fourth-order valence-electron chi connectivity index (χ4n) is 2.93. The highest BCUT2D eigenvalue weighted by Gasteiger charge is 2.20. The number of aryl methyl sites for hydroxylation is 1. The summed E-state index contributed by atoms with van der Waals surface area (Å²) in [6.07, 6.45) is 0. The molecule has 0 spiro atoms. The lowest BCUT2D eigenvalue weighted by Gasteiger charge is -2.06. The van der Waals surface area contributed by atoms with E-state index in [2.05, 4.69) is 20.6 Å². The van der Waals surface area contributed by atoms with E-state index >= 15 is 0 Å². The molecule has 0 aliphatic carbocycles. The summed E-state index contributed by atoms with van der Waals surface area (Å²) in [5, 5.41) is 10.8. The molecule has 4 rings (SSSR count). The van der Waals surface area contributed by atoms with Crippen LogP contribution in [-0.2, 0) is 6.54 Å². The van der Waals surface area contributed by atoms with Crippen molar-refractivity contribution in [3.05, 3.63) is 82.0 Å². The van der Waals surface area contributed by atoms with Gasteiger partial charge >= 0.3 is 0 Å². The summed E-state index contributed by atoms with van der Waals surface area (Å²) >= 11 is 5.91. The lowest BCUT2D eigenvalue weighted by Crippen LogP contribution is -2.15. The van der Waals surface area contributed by atoms with Crippen LogP contribution in [0.25, 0.3) is 11.5 Å². The summed E-state index contributed by atoms with van der Waals surface area (Å²) in [4.78, 5) is 17.0. The Kier molecular flexibility index (Phi) is 5.51. The van der Waals surface area contributed by atoms with Crippen molar-refractivity contribution in [1.82, 2.24) is 20.0 Å². The van der Waals surface area contributed by atoms with Crippen molar-refractivity contribution in [3.63, 3.8) is 0 Å². The van der Waals surface area contributed by atoms with Gasteiger partial charge in [-0.25, -0.2) is 18.4 Å². The highest BCUT2D eigenvalue weighted by atomic mass is 35.5. The molecule has 0 atom stereocenters. The first-order valence-electron chi connectivity index (χ1n) is 9.20. The third-order valence-electron chi connectivity index (χ3n) is 4.66. The topological polar surface area (TPSA) is 85.8 Å². The molecule has 0 fully saturated rings. The van der Waals surface area contributed by atoms with Crippen LogP contribution in [0.15, 0.2) is 46.9 Å². The van der Waals surface area contributed by atoms with Gasteiger partial charge in [-0.15, -0.1) is 5.10 Å². The summed E-state index contributed by atoms with van der Waals surface area (Å²) in [5.74, 6) is -1.11. The van der Waals surface area contributed by atoms with Gasteiger partial charge in [0.05, 0.1) is 17.9 Å². The quantitative estimate of drug-likeness (QED) is 0.479. The van der Waals surface area contributed by atoms with Crippen molar-refractivity contribution in [1.29, 1.82) is 0 Å². The highest BCUT2D eigenvalue weighted by Crippen LogP contribution is 2.24. The van der Waals surface area contributed by atoms with Crippen LogP contribution in [0.2, 0.25) is 5.02 Å². The Labute approximate surface area is 180 Å². The molecule has 4 aromatic rings. The number of hydrogen-bond acceptors (Lipinski definition) is 5. The van der Waals surface area contributed by atoms with E-state index < -0.39 is 17.5 Å². The van der Waals surface area contributed by atoms with E-state index in [-0.39, 0.29) is 17.9 Å². The summed E-state index contributed by atoms with van der Waals surface area (Å²) in [7, 11) is 0. The number of aromatic nitrogens is 4. The maximum Gasteiger partial charge on any atom is 0.278 e. The second-order valence-corrected chi connectivity index (χ2v) is 7.22. The molecule has 31 heavy (non-hydrogen) atoms. The van der Waals surface area contributed by atoms with Crippen LogP contribution in [-0.4, -0.2) is 25.9 Å². The van der Waals surface area contributed by atoms with E-state index in [1.165, 1.54) is 4.68 Å². The number of oxazole rings is 1. The molecule has 7 nitrogen and oxygen atoms in total. The van der Waals surface area contributed by atoms with E-state index in [1.807, 2.05) is 0 Å². The SMILES string of the molecule is Cc1oc(-c2ccc(Cl)cc2)nc1Cn1nnc(C(=O)Nc2cc(F)ccc2F)c1C. The Morgan fingerprint density at radius 1 is 1.16 bits per heavy atom. The Balaban J connectivity index is 1.54. The molecule has 0 bridgehead atoms. The van der Waals surface area contributed by atoms with Gasteiger partial charge in [0.15, 0.2) is 5.69 Å². The fourth-order valence-corrected chi connectivity index (χ4v) is 3.05. The van der Waals surface area contributed by atoms with Crippen molar-refractivity contribution in [2.75, 3.05) is 5.32 Å². The molecule has 2 aromatic heterocycles. The predicted molar refractivity (Wildman–Crippen MR) is 110 cm³/mol. The van der Waals surface area contributed by atoms with Gasteiger partial charge in [0, 0.05) is 16.7 Å². The maximum absolute atomic E-state index is 13.8. The van der Waals surface area contributed by atoms with Crippen molar-refractivity contribution >= 4 is 23.2 Å². The van der Waals surface area contributed by atoms with Crippen molar-refractivity contribution in [2.45, 2.75) is 20.4 Å². The van der Waals surface area contributed by atoms with Gasteiger partial charge in [0.1, 0.15) is 23.1 Å². The molecule has 158 valence electrons. The first-order chi connectivity index (χ1) is 14.8. The largest absolute Gasteiger partial charge is 0.441 e. The van der Waals surface area contributed by atoms with Gasteiger partial charge in [-0.1, -0.05) is 16.8 Å². The maximum atomic E-state index is 13.8. The van der Waals surface area contributed by atoms with Crippen LogP contribution in [0.4, 0.5) is 14.5 Å². The standard InChI is InChI=1S/C21H16ClF2N5O2/c1-11-19(20(30)25-17-9-15(23)7-8-16(17)24)27-28-29(11)10-18-12(2)31-21(26-18)13-3-5-14(22)6-4-13/h3-9H,10H2,1-2H3,(H,25,30). The van der Waals surface area contributed by atoms with E-state index in [0.29, 0.717) is 28.1 Å². The number of benzene rings is 2. The van der Waals surface area contributed by atoms with Gasteiger partial charge in [-0.05, 0) is 50.2 Å². The number of carbonyl (C=O) groups is 1. The van der Waals surface area contributed by atoms with Gasteiger partial charge in [-0.2, -0.15) is 0 Å². The Bertz CT molecular complexity index is 1270. The minimum Gasteiger partial charge on any atom is -0.441 e. The molecule has 2 aromatic carbocycles. The zero-order valence-corrected chi connectivity index (χ0v) is 17.2. The highest BCUT2D eigenvalue weighted by molar-refractivity contribution is 6.30. The first-order valence-corrected chi connectivity index (χ1v) is 9.58. The molecule has 0 saturated heterocycles. The Morgan fingerprint density at radius 2 is 1.90 bits per heavy atom. The average Bonchev–Trinajstić information content (AvgIpc) is 3.28. The van der Waals surface area contributed by atoms with Crippen molar-refractivity contribution < 1.29 is 18.0 Å². The van der Waals surface area contributed by atoms with E-state index in [1.54, 1.807) is 38.1 Å². The summed E-state index contributed by atoms with van der Waals surface area (Å²) in [6.45, 7) is 3.63. The third kappa shape index (κ3) is 4.31. The molecule has 2 heterocycles. The van der Waals surface area contributed by atoms with Gasteiger partial charge in [0.2, 0.25) is 5.89 Å². The lowest BCUT2D eigenvalue weighted by molar-refractivity contribution is 0.102. The van der Waals surface area contributed by atoms with Crippen LogP contribution in [0.3, 0.4) is 0 Å². The summed E-state index contributed by atoms with van der Waals surface area (Å²) in [5.41, 5.74) is 1.53. The van der Waals surface area contributed by atoms with E-state index in [9.17, 15) is 13.6 Å². The summed E-state index contributed by atoms with van der Waals surface area (Å²) < 4.78 is 34.4. The monoisotopic (exact) mass is 443 g/mol. The smallest absolute Gasteiger partial charge is 0.278 e. The van der Waals surface area contributed by atoms with Crippen LogP contribution < -0.4 is 5.32 Å². The van der Waals surface area contributed by atoms with Crippen molar-refractivity contribution in [3.8, 4) is 11.5 Å². The minimum absolute atomic E-state index is 0.0114. The van der Waals surface area contributed by atoms with Gasteiger partial charge in [-0.3, -0.25) is 4.79 Å². The number of rotatable bonds is 5. The van der Waals surface area contributed by atoms with Gasteiger partial charge in [0.25, 0.3) is 5.91 Å². The number of anilines is 1. The number of nitrogens with zero attached hydrogens (tertiary/aromatic N) is 4. The number of carbonyl (C=O) groups excluding carboxylic acids is 1. The number of nitrogens with one attached hydrogen (secondary N) is 1. The molecular formula is C21H16ClF2N5O2. The molecular weight excluding hydrogens is 428 g/mol. The number of hydrogen-bond donors (Lipinski definition) is 1. The average molecular weight is 444 g/mol. The minimum atomic E-state index is -0.757. The molecule has 0 saturated carbocycles. The molecule has 0 aliphatic rings. The lowest BCUT2D eigenvalue weighted by atomic mass is 10.2. The Morgan fingerprint density at radius 3 is 2.65 bits per heavy atom. The number of amides is 1. The summed E-state index contributed by atoms with van der Waals surface area (Å²) in [6, 6.07) is 9.86. The molecule has 0 radical (unpaired) electrons. The fraction of sp³-hybridized carbons (Fsp3) is 0.143. The molecule has 1 N–H and O–H groups in total. The van der Waals surface area contributed by atoms with E-state index in [0.717, 1.165) is 23.8 Å². The number of halogens is 3. The first kappa shape index (κ1) is 20.7. The van der Waals surface area contributed by atoms with Crippen molar-refractivity contribution in [2.24, 2.45) is 0 Å². The normalized spacial score (nSPS) is 11.0. The van der Waals surface area contributed by atoms with Crippen LogP contribution in [0, 0.1) is 25.5 Å². The molecule has 1 amide bonds. The Hall–Kier alpha value is -3.59. The third-order valence-corrected chi connectivity index (χ3v) is 4.91. The second kappa shape index (κ2) is 8.27. The molecule has 0 unspecified atom stereocenters. The van der Waals surface area contributed by atoms with Crippen LogP contribution >= 0.6 is 11.6 Å². The zero-order valence-electron chi connectivity index (χ0n) is 16.5. The van der Waals surface area contributed by atoms with E-state index in [4.69, 9.17) is 16.0 Å². The van der Waals surface area contributed by atoms with Crippen LogP contribution in [0.1, 0.15) is 27.6 Å². The van der Waals surface area contributed by atoms with Crippen LogP contribution in [0.5, 0.6) is 0 Å².